The van der Waals surface area contributed by atoms with E-state index in [1.165, 1.54) is 18.3 Å². The minimum absolute atomic E-state index is 0.0930. The van der Waals surface area contributed by atoms with E-state index in [4.69, 9.17) is 12.8 Å². The molecule has 0 saturated carbocycles. The highest BCUT2D eigenvalue weighted by Gasteiger charge is 2.25. The highest BCUT2D eigenvalue weighted by Crippen LogP contribution is 2.31. The van der Waals surface area contributed by atoms with Crippen LogP contribution in [-0.4, -0.2) is 42.4 Å². The van der Waals surface area contributed by atoms with Gasteiger partial charge in [-0.25, -0.2) is 19.3 Å². The van der Waals surface area contributed by atoms with Crippen LogP contribution in [-0.2, 0) is 6.42 Å². The number of halogens is 1. The van der Waals surface area contributed by atoms with Crippen molar-refractivity contribution in [1.82, 2.24) is 15.0 Å². The van der Waals surface area contributed by atoms with Crippen LogP contribution in [0.1, 0.15) is 36.4 Å². The molecule has 0 aliphatic carbocycles. The maximum atomic E-state index is 14.1. The Kier molecular flexibility index (Phi) is 4.08. The molecule has 1 N–H and O–H groups in total. The van der Waals surface area contributed by atoms with Gasteiger partial charge in [-0.2, -0.15) is 0 Å². The minimum Gasteiger partial charge on any atom is -0.370 e. The van der Waals surface area contributed by atoms with E-state index in [1.54, 1.807) is 0 Å². The van der Waals surface area contributed by atoms with E-state index in [9.17, 15) is 4.39 Å². The van der Waals surface area contributed by atoms with E-state index < -0.39 is 5.82 Å². The van der Waals surface area contributed by atoms with Gasteiger partial charge in [-0.3, -0.25) is 0 Å². The number of rotatable bonds is 2. The third kappa shape index (κ3) is 2.83. The Balaban J connectivity index is 1.47. The molecule has 2 aliphatic rings. The van der Waals surface area contributed by atoms with Crippen LogP contribution in [0.2, 0.25) is 0 Å². The number of aromatic nitrogens is 3. The Morgan fingerprint density at radius 3 is 2.88 bits per heavy atom. The first-order valence-electron chi connectivity index (χ1n) is 8.47. The van der Waals surface area contributed by atoms with Gasteiger partial charge < -0.3 is 10.2 Å². The molecule has 2 aromatic rings. The molecule has 0 aromatic carbocycles. The van der Waals surface area contributed by atoms with Gasteiger partial charge in [-0.15, -0.1) is 0 Å². The number of anilines is 2. The zero-order chi connectivity index (χ0) is 16.5. The van der Waals surface area contributed by atoms with Crippen molar-refractivity contribution in [3.05, 3.63) is 35.5 Å². The van der Waals surface area contributed by atoms with E-state index in [0.717, 1.165) is 50.4 Å². The number of nitrogens with one attached hydrogen (secondary N) is 1. The smallest absolute Gasteiger partial charge is 0.176 e. The molecule has 1 saturated heterocycles. The van der Waals surface area contributed by atoms with Crippen molar-refractivity contribution in [2.45, 2.75) is 31.6 Å². The van der Waals surface area contributed by atoms with E-state index in [1.807, 2.05) is 4.90 Å². The van der Waals surface area contributed by atoms with Crippen LogP contribution >= 0.6 is 0 Å². The second kappa shape index (κ2) is 6.38. The second-order valence-corrected chi connectivity index (χ2v) is 6.43. The molecular formula is C17H19BFN5. The standard InChI is InChI=1S/C17H19BFN5/c18-15-14(19)17(22-10-21-15)24-8-5-11(6-9-24)13-4-3-12-2-1-7-20-16(12)23-13/h3-4,10-11H,1-2,5-9H2,(H,20,23). The van der Waals surface area contributed by atoms with Crippen molar-refractivity contribution >= 4 is 25.1 Å². The number of pyridine rings is 1. The maximum Gasteiger partial charge on any atom is 0.176 e. The lowest BCUT2D eigenvalue weighted by molar-refractivity contribution is 0.485. The quantitative estimate of drug-likeness (QED) is 0.850. The van der Waals surface area contributed by atoms with Crippen molar-refractivity contribution in [1.29, 1.82) is 0 Å². The summed E-state index contributed by atoms with van der Waals surface area (Å²) in [5.41, 5.74) is 2.34. The van der Waals surface area contributed by atoms with Gasteiger partial charge in [-0.1, -0.05) is 6.07 Å². The number of piperidine rings is 1. The summed E-state index contributed by atoms with van der Waals surface area (Å²) in [5.74, 6) is 1.22. The maximum absolute atomic E-state index is 14.1. The Labute approximate surface area is 142 Å². The van der Waals surface area contributed by atoms with Gasteiger partial charge in [0.2, 0.25) is 0 Å². The fourth-order valence-corrected chi connectivity index (χ4v) is 3.55. The topological polar surface area (TPSA) is 53.9 Å². The van der Waals surface area contributed by atoms with Crippen molar-refractivity contribution in [2.24, 2.45) is 0 Å². The molecule has 4 heterocycles. The minimum atomic E-state index is -0.521. The number of fused-ring (bicyclic) bond motifs is 1. The van der Waals surface area contributed by atoms with Crippen molar-refractivity contribution in [2.75, 3.05) is 29.9 Å². The zero-order valence-corrected chi connectivity index (χ0v) is 13.5. The number of hydrogen-bond acceptors (Lipinski definition) is 5. The molecule has 0 spiro atoms. The highest BCUT2D eigenvalue weighted by molar-refractivity contribution is 6.31. The summed E-state index contributed by atoms with van der Waals surface area (Å²) in [7, 11) is 5.54. The molecule has 122 valence electrons. The lowest BCUT2D eigenvalue weighted by Gasteiger charge is -2.33. The van der Waals surface area contributed by atoms with Crippen LogP contribution in [0.15, 0.2) is 18.5 Å². The number of hydrogen-bond donors (Lipinski definition) is 1. The molecule has 2 radical (unpaired) electrons. The predicted molar refractivity (Wildman–Crippen MR) is 92.6 cm³/mol. The molecule has 5 nitrogen and oxygen atoms in total. The molecule has 0 unspecified atom stereocenters. The van der Waals surface area contributed by atoms with Gasteiger partial charge in [0.25, 0.3) is 0 Å². The molecule has 0 amide bonds. The SMILES string of the molecule is [B]c1ncnc(N2CCC(c3ccc4c(n3)NCCC4)CC2)c1F. The Morgan fingerprint density at radius 2 is 2.04 bits per heavy atom. The molecule has 0 atom stereocenters. The van der Waals surface area contributed by atoms with Gasteiger partial charge in [0.05, 0.1) is 0 Å². The summed E-state index contributed by atoms with van der Waals surface area (Å²) in [6, 6.07) is 4.34. The summed E-state index contributed by atoms with van der Waals surface area (Å²) < 4.78 is 14.1. The molecule has 2 aromatic heterocycles. The van der Waals surface area contributed by atoms with Gasteiger partial charge in [0.1, 0.15) is 20.0 Å². The molecule has 2 aliphatic heterocycles. The molecule has 24 heavy (non-hydrogen) atoms. The lowest BCUT2D eigenvalue weighted by Crippen LogP contribution is -2.36. The van der Waals surface area contributed by atoms with Crippen LogP contribution in [0.5, 0.6) is 0 Å². The monoisotopic (exact) mass is 323 g/mol. The molecule has 0 bridgehead atoms. The van der Waals surface area contributed by atoms with Crippen molar-refractivity contribution < 1.29 is 4.39 Å². The van der Waals surface area contributed by atoms with Crippen LogP contribution in [0.25, 0.3) is 0 Å². The third-order valence-electron chi connectivity index (χ3n) is 4.93. The summed E-state index contributed by atoms with van der Waals surface area (Å²) in [5, 5.41) is 3.39. The first-order valence-corrected chi connectivity index (χ1v) is 8.47. The molecule has 4 rings (SSSR count). The van der Waals surface area contributed by atoms with Gasteiger partial charge in [0, 0.05) is 36.8 Å². The predicted octanol–water partition coefficient (Wildman–Crippen LogP) is 1.55. The van der Waals surface area contributed by atoms with E-state index >= 15 is 0 Å². The Morgan fingerprint density at radius 1 is 1.21 bits per heavy atom. The molecule has 7 heteroatoms. The van der Waals surface area contributed by atoms with Gasteiger partial charge >= 0.3 is 0 Å². The first kappa shape index (κ1) is 15.4. The van der Waals surface area contributed by atoms with E-state index in [-0.39, 0.29) is 5.59 Å². The summed E-state index contributed by atoms with van der Waals surface area (Å²) >= 11 is 0. The van der Waals surface area contributed by atoms with Crippen molar-refractivity contribution in [3.8, 4) is 0 Å². The highest BCUT2D eigenvalue weighted by atomic mass is 19.1. The summed E-state index contributed by atoms with van der Waals surface area (Å²) in [4.78, 5) is 14.5. The van der Waals surface area contributed by atoms with Gasteiger partial charge in [-0.05, 0) is 37.3 Å². The molecular weight excluding hydrogens is 304 g/mol. The Bertz CT molecular complexity index is 746. The van der Waals surface area contributed by atoms with Crippen molar-refractivity contribution in [3.63, 3.8) is 0 Å². The Hall–Kier alpha value is -2.18. The number of nitrogens with zero attached hydrogens (tertiary/aromatic N) is 4. The van der Waals surface area contributed by atoms with E-state index in [0.29, 0.717) is 11.7 Å². The van der Waals surface area contributed by atoms with E-state index in [2.05, 4.69) is 27.4 Å². The van der Waals surface area contributed by atoms with Gasteiger partial charge in [0.15, 0.2) is 11.6 Å². The lowest BCUT2D eigenvalue weighted by atomic mass is 9.92. The van der Waals surface area contributed by atoms with Crippen LogP contribution in [0, 0.1) is 5.82 Å². The fourth-order valence-electron chi connectivity index (χ4n) is 3.55. The first-order chi connectivity index (χ1) is 11.7. The summed E-state index contributed by atoms with van der Waals surface area (Å²) in [6.45, 7) is 2.48. The average Bonchev–Trinajstić information content (AvgIpc) is 2.64. The summed E-state index contributed by atoms with van der Waals surface area (Å²) in [6.07, 6.45) is 5.43. The number of aryl methyl sites for hydroxylation is 1. The molecule has 1 fully saturated rings. The zero-order valence-electron chi connectivity index (χ0n) is 13.5. The van der Waals surface area contributed by atoms with Crippen LogP contribution < -0.4 is 15.8 Å². The largest absolute Gasteiger partial charge is 0.370 e. The second-order valence-electron chi connectivity index (χ2n) is 6.43. The fraction of sp³-hybridized carbons (Fsp3) is 0.471. The third-order valence-corrected chi connectivity index (χ3v) is 4.93. The normalized spacial score (nSPS) is 18.1. The average molecular weight is 323 g/mol. The van der Waals surface area contributed by atoms with Crippen LogP contribution in [0.4, 0.5) is 16.0 Å². The van der Waals surface area contributed by atoms with Crippen LogP contribution in [0.3, 0.4) is 0 Å².